The lowest BCUT2D eigenvalue weighted by atomic mass is 10.0. The average molecular weight is 425 g/mol. The van der Waals surface area contributed by atoms with Crippen LogP contribution in [0.1, 0.15) is 17.0 Å². The maximum Gasteiger partial charge on any atom is 0.164 e. The summed E-state index contributed by atoms with van der Waals surface area (Å²) in [5.41, 5.74) is 7.67. The van der Waals surface area contributed by atoms with Gasteiger partial charge in [-0.3, -0.25) is 0 Å². The van der Waals surface area contributed by atoms with Crippen molar-refractivity contribution in [1.82, 2.24) is 24.4 Å². The van der Waals surface area contributed by atoms with E-state index in [9.17, 15) is 5.11 Å². The number of benzene rings is 2. The molecule has 3 aromatic heterocycles. The fraction of sp³-hybridized carbons (Fsp3) is 0.160. The lowest BCUT2D eigenvalue weighted by Crippen LogP contribution is -2.01. The Balaban J connectivity index is 1.71. The normalized spacial score (nSPS) is 11.3. The summed E-state index contributed by atoms with van der Waals surface area (Å²) in [6, 6.07) is 17.5. The number of aryl methyl sites for hydroxylation is 2. The third-order valence-electron chi connectivity index (χ3n) is 5.50. The van der Waals surface area contributed by atoms with E-state index in [0.29, 0.717) is 17.8 Å². The number of aromatic nitrogens is 5. The first kappa shape index (κ1) is 20.0. The molecule has 0 aliphatic carbocycles. The Hall–Kier alpha value is -3.97. The first-order chi connectivity index (χ1) is 15.6. The first-order valence-corrected chi connectivity index (χ1v) is 10.3. The third-order valence-corrected chi connectivity index (χ3v) is 5.50. The van der Waals surface area contributed by atoms with Gasteiger partial charge in [-0.15, -0.1) is 0 Å². The molecule has 3 heterocycles. The van der Waals surface area contributed by atoms with Crippen molar-refractivity contribution in [3.05, 3.63) is 83.9 Å². The van der Waals surface area contributed by atoms with Crippen LogP contribution in [-0.2, 0) is 11.3 Å². The molecule has 0 aliphatic heterocycles. The van der Waals surface area contributed by atoms with Crippen LogP contribution in [0.2, 0.25) is 0 Å². The van der Waals surface area contributed by atoms with Crippen molar-refractivity contribution >= 4 is 5.65 Å². The van der Waals surface area contributed by atoms with Crippen molar-refractivity contribution < 1.29 is 9.84 Å². The van der Waals surface area contributed by atoms with Crippen molar-refractivity contribution in [2.75, 3.05) is 7.11 Å². The van der Waals surface area contributed by atoms with Crippen LogP contribution < -0.4 is 0 Å². The van der Waals surface area contributed by atoms with E-state index >= 15 is 0 Å². The predicted octanol–water partition coefficient (Wildman–Crippen LogP) is 4.72. The number of rotatable bonds is 5. The molecular weight excluding hydrogens is 402 g/mol. The van der Waals surface area contributed by atoms with Crippen LogP contribution in [0, 0.1) is 13.8 Å². The number of phenols is 1. The summed E-state index contributed by atoms with van der Waals surface area (Å²) >= 11 is 0. The summed E-state index contributed by atoms with van der Waals surface area (Å²) in [4.78, 5) is 4.79. The van der Waals surface area contributed by atoms with Crippen molar-refractivity contribution in [1.29, 1.82) is 0 Å². The summed E-state index contributed by atoms with van der Waals surface area (Å²) in [5.74, 6) is 0.153. The number of ether oxygens (including phenoxy) is 1. The standard InChI is InChI=1S/C25H23N5O2/c1-16-13-22(20-8-5-4-7-18(20)15-32-3)30-25(27-16)24(17(2)28-30)21-10-9-19(14-23(21)31)29-12-6-11-26-29/h4-14,31H,15H2,1-3H3. The molecule has 0 aliphatic rings. The highest BCUT2D eigenvalue weighted by molar-refractivity contribution is 5.85. The fourth-order valence-corrected chi connectivity index (χ4v) is 4.10. The van der Waals surface area contributed by atoms with E-state index in [1.807, 2.05) is 61.0 Å². The smallest absolute Gasteiger partial charge is 0.164 e. The van der Waals surface area contributed by atoms with Crippen LogP contribution in [0.3, 0.4) is 0 Å². The number of aromatic hydroxyl groups is 1. The number of fused-ring (bicyclic) bond motifs is 1. The molecular formula is C25H23N5O2. The quantitative estimate of drug-likeness (QED) is 0.441. The van der Waals surface area contributed by atoms with Crippen LogP contribution in [0.15, 0.2) is 67.0 Å². The molecule has 0 atom stereocenters. The molecule has 5 aromatic rings. The van der Waals surface area contributed by atoms with E-state index in [0.717, 1.165) is 39.5 Å². The monoisotopic (exact) mass is 425 g/mol. The molecule has 0 bridgehead atoms. The average Bonchev–Trinajstić information content (AvgIpc) is 3.42. The molecule has 0 spiro atoms. The van der Waals surface area contributed by atoms with Crippen LogP contribution >= 0.6 is 0 Å². The lowest BCUT2D eigenvalue weighted by Gasteiger charge is -2.12. The van der Waals surface area contributed by atoms with Crippen LogP contribution in [-0.4, -0.2) is 36.6 Å². The predicted molar refractivity (Wildman–Crippen MR) is 123 cm³/mol. The summed E-state index contributed by atoms with van der Waals surface area (Å²) in [7, 11) is 1.69. The highest BCUT2D eigenvalue weighted by atomic mass is 16.5. The van der Waals surface area contributed by atoms with Gasteiger partial charge in [0, 0.05) is 42.4 Å². The maximum absolute atomic E-state index is 10.9. The maximum atomic E-state index is 10.9. The molecule has 0 unspecified atom stereocenters. The van der Waals surface area contributed by atoms with Gasteiger partial charge in [0.25, 0.3) is 0 Å². The number of hydrogen-bond acceptors (Lipinski definition) is 5. The topological polar surface area (TPSA) is 77.5 Å². The first-order valence-electron chi connectivity index (χ1n) is 10.3. The number of hydrogen-bond donors (Lipinski definition) is 1. The molecule has 0 radical (unpaired) electrons. The summed E-state index contributed by atoms with van der Waals surface area (Å²) < 4.78 is 8.96. The van der Waals surface area contributed by atoms with Gasteiger partial charge in [-0.1, -0.05) is 24.3 Å². The van der Waals surface area contributed by atoms with Gasteiger partial charge in [-0.25, -0.2) is 14.2 Å². The Morgan fingerprint density at radius 3 is 2.59 bits per heavy atom. The van der Waals surface area contributed by atoms with E-state index in [2.05, 4.69) is 17.2 Å². The summed E-state index contributed by atoms with van der Waals surface area (Å²) in [5, 5.41) is 19.9. The molecule has 7 heteroatoms. The van der Waals surface area contributed by atoms with E-state index < -0.39 is 0 Å². The third kappa shape index (κ3) is 3.33. The Bertz CT molecular complexity index is 1420. The van der Waals surface area contributed by atoms with Gasteiger partial charge < -0.3 is 9.84 Å². The zero-order valence-corrected chi connectivity index (χ0v) is 18.1. The number of methoxy groups -OCH3 is 1. The van der Waals surface area contributed by atoms with Crippen molar-refractivity contribution in [3.63, 3.8) is 0 Å². The summed E-state index contributed by atoms with van der Waals surface area (Å²) in [6.07, 6.45) is 3.54. The van der Waals surface area contributed by atoms with Crippen molar-refractivity contribution in [2.45, 2.75) is 20.5 Å². The Morgan fingerprint density at radius 2 is 1.84 bits per heavy atom. The highest BCUT2D eigenvalue weighted by Gasteiger charge is 2.20. The van der Waals surface area contributed by atoms with Gasteiger partial charge in [0.05, 0.1) is 29.2 Å². The van der Waals surface area contributed by atoms with Gasteiger partial charge in [0.1, 0.15) is 5.75 Å². The minimum atomic E-state index is 0.153. The van der Waals surface area contributed by atoms with Crippen LogP contribution in [0.25, 0.3) is 33.7 Å². The number of phenolic OH excluding ortho intramolecular Hbond substituents is 1. The Kier molecular flexibility index (Phi) is 4.95. The van der Waals surface area contributed by atoms with Gasteiger partial charge in [0.2, 0.25) is 0 Å². The van der Waals surface area contributed by atoms with Gasteiger partial charge in [-0.05, 0) is 43.7 Å². The molecule has 32 heavy (non-hydrogen) atoms. The van der Waals surface area contributed by atoms with E-state index in [4.69, 9.17) is 14.8 Å². The molecule has 160 valence electrons. The molecule has 0 saturated carbocycles. The zero-order chi connectivity index (χ0) is 22.2. The molecule has 5 rings (SSSR count). The van der Waals surface area contributed by atoms with Crippen molar-refractivity contribution in [3.8, 4) is 33.8 Å². The molecule has 2 aromatic carbocycles. The van der Waals surface area contributed by atoms with Gasteiger partial charge in [-0.2, -0.15) is 10.2 Å². The second-order valence-corrected chi connectivity index (χ2v) is 7.72. The second kappa shape index (κ2) is 7.94. The molecule has 0 fully saturated rings. The van der Waals surface area contributed by atoms with Crippen LogP contribution in [0.5, 0.6) is 5.75 Å². The fourth-order valence-electron chi connectivity index (χ4n) is 4.10. The van der Waals surface area contributed by atoms with Gasteiger partial charge >= 0.3 is 0 Å². The largest absolute Gasteiger partial charge is 0.507 e. The molecule has 0 amide bonds. The minimum absolute atomic E-state index is 0.153. The SMILES string of the molecule is COCc1ccccc1-c1cc(C)nc2c(-c3ccc(-n4cccn4)cc3O)c(C)nn12. The van der Waals surface area contributed by atoms with E-state index in [1.165, 1.54) is 0 Å². The molecule has 0 saturated heterocycles. The Labute approximate surface area is 185 Å². The van der Waals surface area contributed by atoms with E-state index in [1.54, 1.807) is 24.1 Å². The van der Waals surface area contributed by atoms with Gasteiger partial charge in [0.15, 0.2) is 5.65 Å². The zero-order valence-electron chi connectivity index (χ0n) is 18.1. The van der Waals surface area contributed by atoms with Crippen LogP contribution in [0.4, 0.5) is 0 Å². The molecule has 7 nitrogen and oxygen atoms in total. The lowest BCUT2D eigenvalue weighted by molar-refractivity contribution is 0.185. The van der Waals surface area contributed by atoms with E-state index in [-0.39, 0.29) is 5.75 Å². The van der Waals surface area contributed by atoms with Crippen molar-refractivity contribution in [2.24, 2.45) is 0 Å². The Morgan fingerprint density at radius 1 is 1.00 bits per heavy atom. The number of nitrogens with zero attached hydrogens (tertiary/aromatic N) is 5. The minimum Gasteiger partial charge on any atom is -0.507 e. The summed E-state index contributed by atoms with van der Waals surface area (Å²) in [6.45, 7) is 4.40. The second-order valence-electron chi connectivity index (χ2n) is 7.72. The molecule has 1 N–H and O–H groups in total. The highest BCUT2D eigenvalue weighted by Crippen LogP contribution is 2.37.